The molecule has 0 spiro atoms. The highest BCUT2D eigenvalue weighted by Gasteiger charge is 2.22. The Labute approximate surface area is 223 Å². The van der Waals surface area contributed by atoms with E-state index in [-0.39, 0.29) is 12.4 Å². The molecule has 4 nitrogen and oxygen atoms in total. The van der Waals surface area contributed by atoms with E-state index >= 15 is 0 Å². The Balaban J connectivity index is 0.00000280. The summed E-state index contributed by atoms with van der Waals surface area (Å²) in [6, 6.07) is 35.8. The fraction of sp³-hybridized carbons (Fsp3) is 0.156. The van der Waals surface area contributed by atoms with E-state index in [2.05, 4.69) is 99.9 Å². The van der Waals surface area contributed by atoms with Crippen molar-refractivity contribution in [1.29, 1.82) is 0 Å². The first-order valence-corrected chi connectivity index (χ1v) is 12.4. The molecule has 0 bridgehead atoms. The number of benzene rings is 4. The molecule has 6 rings (SSSR count). The van der Waals surface area contributed by atoms with Gasteiger partial charge in [0.05, 0.1) is 35.9 Å². The monoisotopic (exact) mass is 507 g/mol. The van der Waals surface area contributed by atoms with Gasteiger partial charge in [-0.15, -0.1) is 12.4 Å². The molecule has 1 atom stereocenters. The number of rotatable bonds is 6. The number of hydrogen-bond donors (Lipinski definition) is 1. The normalized spacial score (nSPS) is 12.1. The molecular formula is C32H30ClN3O. The standard InChI is InChI=1S/C32H29N3O.ClH/c1-22-17-18-29-27(19-22)31(24-11-5-3-6-12-24)32(25-13-7-4-8-14-25)35(29)21-26(36)20-34-23(2)33-28-15-9-10-16-30(28)34;/h3-19,26,36H,20-21H2,1-2H3;1H. The quantitative estimate of drug-likeness (QED) is 0.255. The summed E-state index contributed by atoms with van der Waals surface area (Å²) in [4.78, 5) is 4.69. The molecule has 0 saturated heterocycles. The van der Waals surface area contributed by atoms with E-state index in [1.54, 1.807) is 0 Å². The third-order valence-corrected chi connectivity index (χ3v) is 6.96. The number of para-hydroxylation sites is 2. The van der Waals surface area contributed by atoms with E-state index in [9.17, 15) is 5.11 Å². The van der Waals surface area contributed by atoms with Crippen LogP contribution in [0, 0.1) is 13.8 Å². The SMILES string of the molecule is Cc1ccc2c(c1)c(-c1ccccc1)c(-c1ccccc1)n2CC(O)Cn1c(C)nc2ccccc21.Cl. The highest BCUT2D eigenvalue weighted by atomic mass is 35.5. The van der Waals surface area contributed by atoms with E-state index in [0.29, 0.717) is 13.1 Å². The van der Waals surface area contributed by atoms with Gasteiger partial charge in [0, 0.05) is 16.5 Å². The molecule has 0 amide bonds. The second kappa shape index (κ2) is 10.3. The van der Waals surface area contributed by atoms with Crippen LogP contribution in [0.4, 0.5) is 0 Å². The van der Waals surface area contributed by atoms with Crippen LogP contribution < -0.4 is 0 Å². The Morgan fingerprint density at radius 2 is 1.32 bits per heavy atom. The Morgan fingerprint density at radius 1 is 0.703 bits per heavy atom. The second-order valence-electron chi connectivity index (χ2n) is 9.50. The van der Waals surface area contributed by atoms with Crippen molar-refractivity contribution >= 4 is 34.3 Å². The molecule has 2 heterocycles. The van der Waals surface area contributed by atoms with Crippen molar-refractivity contribution in [3.8, 4) is 22.4 Å². The zero-order chi connectivity index (χ0) is 24.6. The number of aliphatic hydroxyl groups excluding tert-OH is 1. The summed E-state index contributed by atoms with van der Waals surface area (Å²) in [5.74, 6) is 0.913. The predicted octanol–water partition coefficient (Wildman–Crippen LogP) is 7.42. The number of halogens is 1. The van der Waals surface area contributed by atoms with Crippen LogP contribution in [0.1, 0.15) is 11.4 Å². The zero-order valence-electron chi connectivity index (χ0n) is 21.0. The molecule has 0 saturated carbocycles. The highest BCUT2D eigenvalue weighted by Crippen LogP contribution is 2.41. The lowest BCUT2D eigenvalue weighted by atomic mass is 9.98. The van der Waals surface area contributed by atoms with Gasteiger partial charge in [-0.05, 0) is 49.2 Å². The summed E-state index contributed by atoms with van der Waals surface area (Å²) < 4.78 is 4.42. The minimum absolute atomic E-state index is 0. The van der Waals surface area contributed by atoms with Gasteiger partial charge in [-0.2, -0.15) is 0 Å². The Morgan fingerprint density at radius 3 is 2.05 bits per heavy atom. The number of hydrogen-bond acceptors (Lipinski definition) is 2. The first kappa shape index (κ1) is 24.8. The van der Waals surface area contributed by atoms with Crippen LogP contribution in [0.2, 0.25) is 0 Å². The average molecular weight is 508 g/mol. The van der Waals surface area contributed by atoms with E-state index in [4.69, 9.17) is 0 Å². The Bertz CT molecular complexity index is 1670. The molecule has 5 heteroatoms. The number of aryl methyl sites for hydroxylation is 2. The number of aromatic nitrogens is 3. The first-order valence-electron chi connectivity index (χ1n) is 12.4. The van der Waals surface area contributed by atoms with Gasteiger partial charge in [-0.1, -0.05) is 84.4 Å². The van der Waals surface area contributed by atoms with Crippen LogP contribution in [0.15, 0.2) is 103 Å². The molecule has 0 radical (unpaired) electrons. The minimum atomic E-state index is -0.593. The zero-order valence-corrected chi connectivity index (χ0v) is 21.8. The molecule has 0 aliphatic carbocycles. The van der Waals surface area contributed by atoms with Crippen molar-refractivity contribution < 1.29 is 5.11 Å². The summed E-state index contributed by atoms with van der Waals surface area (Å²) in [7, 11) is 0. The van der Waals surface area contributed by atoms with E-state index in [0.717, 1.165) is 33.6 Å². The van der Waals surface area contributed by atoms with E-state index < -0.39 is 6.10 Å². The van der Waals surface area contributed by atoms with Gasteiger partial charge >= 0.3 is 0 Å². The first-order chi connectivity index (χ1) is 17.6. The fourth-order valence-corrected chi connectivity index (χ4v) is 5.36. The highest BCUT2D eigenvalue weighted by molar-refractivity contribution is 6.04. The van der Waals surface area contributed by atoms with Crippen LogP contribution in [0.25, 0.3) is 44.3 Å². The third kappa shape index (κ3) is 4.55. The van der Waals surface area contributed by atoms with Gasteiger partial charge in [0.1, 0.15) is 5.82 Å². The Hall–Kier alpha value is -3.86. The molecule has 4 aromatic carbocycles. The lowest BCUT2D eigenvalue weighted by molar-refractivity contribution is 0.137. The maximum absolute atomic E-state index is 11.5. The second-order valence-corrected chi connectivity index (χ2v) is 9.50. The van der Waals surface area contributed by atoms with Crippen LogP contribution in [-0.4, -0.2) is 25.3 Å². The summed E-state index contributed by atoms with van der Waals surface area (Å²) >= 11 is 0. The number of nitrogens with zero attached hydrogens (tertiary/aromatic N) is 3. The lowest BCUT2D eigenvalue weighted by Crippen LogP contribution is -2.23. The van der Waals surface area contributed by atoms with Crippen molar-refractivity contribution in [2.45, 2.75) is 33.0 Å². The predicted molar refractivity (Wildman–Crippen MR) is 155 cm³/mol. The molecule has 37 heavy (non-hydrogen) atoms. The summed E-state index contributed by atoms with van der Waals surface area (Å²) in [6.07, 6.45) is -0.593. The number of aliphatic hydroxyl groups is 1. The lowest BCUT2D eigenvalue weighted by Gasteiger charge is -2.18. The van der Waals surface area contributed by atoms with Crippen molar-refractivity contribution in [3.05, 3.63) is 115 Å². The van der Waals surface area contributed by atoms with Crippen LogP contribution in [0.3, 0.4) is 0 Å². The Kier molecular flexibility index (Phi) is 6.88. The molecule has 1 unspecified atom stereocenters. The maximum Gasteiger partial charge on any atom is 0.106 e. The van der Waals surface area contributed by atoms with Gasteiger partial charge in [0.2, 0.25) is 0 Å². The van der Waals surface area contributed by atoms with E-state index in [1.165, 1.54) is 22.1 Å². The van der Waals surface area contributed by atoms with Gasteiger partial charge in [0.15, 0.2) is 0 Å². The van der Waals surface area contributed by atoms with Crippen molar-refractivity contribution in [3.63, 3.8) is 0 Å². The molecule has 1 N–H and O–H groups in total. The van der Waals surface area contributed by atoms with Gasteiger partial charge in [-0.25, -0.2) is 4.98 Å². The van der Waals surface area contributed by atoms with Gasteiger partial charge in [-0.3, -0.25) is 0 Å². The van der Waals surface area contributed by atoms with Crippen LogP contribution >= 0.6 is 12.4 Å². The van der Waals surface area contributed by atoms with Crippen LogP contribution in [0.5, 0.6) is 0 Å². The molecule has 0 aliphatic heterocycles. The molecule has 0 fully saturated rings. The molecule has 6 aromatic rings. The largest absolute Gasteiger partial charge is 0.389 e. The van der Waals surface area contributed by atoms with Crippen molar-refractivity contribution in [1.82, 2.24) is 14.1 Å². The number of imidazole rings is 1. The minimum Gasteiger partial charge on any atom is -0.389 e. The van der Waals surface area contributed by atoms with Crippen molar-refractivity contribution in [2.24, 2.45) is 0 Å². The number of fused-ring (bicyclic) bond motifs is 2. The van der Waals surface area contributed by atoms with Gasteiger partial charge < -0.3 is 14.2 Å². The summed E-state index contributed by atoms with van der Waals surface area (Å²) in [6.45, 7) is 5.09. The maximum atomic E-state index is 11.5. The summed E-state index contributed by atoms with van der Waals surface area (Å²) in [5, 5.41) is 12.7. The fourth-order valence-electron chi connectivity index (χ4n) is 5.36. The van der Waals surface area contributed by atoms with Crippen molar-refractivity contribution in [2.75, 3.05) is 0 Å². The molecule has 0 aliphatic rings. The summed E-state index contributed by atoms with van der Waals surface area (Å²) in [5.41, 5.74) is 9.02. The molecular weight excluding hydrogens is 478 g/mol. The third-order valence-electron chi connectivity index (χ3n) is 6.96. The average Bonchev–Trinajstić information content (AvgIpc) is 3.38. The van der Waals surface area contributed by atoms with E-state index in [1.807, 2.05) is 31.2 Å². The van der Waals surface area contributed by atoms with Crippen LogP contribution in [-0.2, 0) is 13.1 Å². The van der Waals surface area contributed by atoms with Gasteiger partial charge in [0.25, 0.3) is 0 Å². The topological polar surface area (TPSA) is 43.0 Å². The molecule has 2 aromatic heterocycles. The smallest absolute Gasteiger partial charge is 0.106 e. The molecule has 186 valence electrons.